The van der Waals surface area contributed by atoms with Gasteiger partial charge >= 0.3 is 0 Å². The van der Waals surface area contributed by atoms with Crippen molar-refractivity contribution in [2.75, 3.05) is 4.90 Å². The molecular formula is C80H61BN2S. The van der Waals surface area contributed by atoms with Crippen LogP contribution in [0.25, 0.3) is 104 Å². The molecule has 0 aliphatic carbocycles. The highest BCUT2D eigenvalue weighted by Gasteiger charge is 2.43. The molecule has 0 bridgehead atoms. The van der Waals surface area contributed by atoms with E-state index in [1.165, 1.54) is 159 Å². The van der Waals surface area contributed by atoms with E-state index in [-0.39, 0.29) is 17.5 Å². The summed E-state index contributed by atoms with van der Waals surface area (Å²) in [6.07, 6.45) is 0. The molecule has 0 fully saturated rings. The monoisotopic (exact) mass is 1090 g/mol. The predicted molar refractivity (Wildman–Crippen MR) is 362 cm³/mol. The van der Waals surface area contributed by atoms with Crippen molar-refractivity contribution in [2.45, 2.75) is 62.2 Å². The van der Waals surface area contributed by atoms with Crippen molar-refractivity contribution in [3.05, 3.63) is 272 Å². The maximum absolute atomic E-state index is 2.71. The fraction of sp³-hybridized carbons (Fsp3) is 0.100. The first-order chi connectivity index (χ1) is 40.9. The van der Waals surface area contributed by atoms with Crippen molar-refractivity contribution in [1.82, 2.24) is 4.57 Å². The number of nitrogens with zero attached hydrogens (tertiary/aromatic N) is 2. The summed E-state index contributed by atoms with van der Waals surface area (Å²) in [6.45, 7) is 14.1. The van der Waals surface area contributed by atoms with Gasteiger partial charge in [0.1, 0.15) is 0 Å². The molecule has 14 aromatic rings. The van der Waals surface area contributed by atoms with Crippen molar-refractivity contribution in [2.24, 2.45) is 0 Å². The molecule has 400 valence electrons. The van der Waals surface area contributed by atoms with Gasteiger partial charge in [0, 0.05) is 48.8 Å². The van der Waals surface area contributed by atoms with Gasteiger partial charge in [-0.05, 0) is 159 Å². The minimum absolute atomic E-state index is 0.0502. The van der Waals surface area contributed by atoms with Crippen LogP contribution in [0.1, 0.15) is 52.7 Å². The Morgan fingerprint density at radius 2 is 0.821 bits per heavy atom. The first-order valence-corrected chi connectivity index (χ1v) is 30.4. The molecule has 0 radical (unpaired) electrons. The van der Waals surface area contributed by atoms with Crippen LogP contribution < -0.4 is 21.3 Å². The van der Waals surface area contributed by atoms with Crippen molar-refractivity contribution in [3.8, 4) is 50.2 Å². The van der Waals surface area contributed by atoms with Crippen LogP contribution in [0.15, 0.2) is 271 Å². The maximum atomic E-state index is 2.71. The normalized spacial score (nSPS) is 13.0. The molecule has 2 aliphatic heterocycles. The van der Waals surface area contributed by atoms with Crippen LogP contribution in [0.3, 0.4) is 0 Å². The molecule has 0 atom stereocenters. The Hall–Kier alpha value is -9.35. The third kappa shape index (κ3) is 7.95. The summed E-state index contributed by atoms with van der Waals surface area (Å²) in [7, 11) is 0. The minimum atomic E-state index is -0.161. The van der Waals surface area contributed by atoms with E-state index < -0.39 is 0 Å². The zero-order valence-electron chi connectivity index (χ0n) is 48.2. The number of benzene rings is 13. The van der Waals surface area contributed by atoms with E-state index in [2.05, 4.69) is 312 Å². The Kier molecular flexibility index (Phi) is 11.5. The summed E-state index contributed by atoms with van der Waals surface area (Å²) >= 11 is 1.94. The van der Waals surface area contributed by atoms with Crippen LogP contribution >= 0.6 is 11.8 Å². The Bertz CT molecular complexity index is 4850. The van der Waals surface area contributed by atoms with Gasteiger partial charge in [0.25, 0.3) is 0 Å². The predicted octanol–water partition coefficient (Wildman–Crippen LogP) is 20.3. The maximum Gasteiger partial charge on any atom is 0.249 e. The summed E-state index contributed by atoms with van der Waals surface area (Å²) in [5.74, 6) is 0. The molecule has 2 nitrogen and oxygen atoms in total. The van der Waals surface area contributed by atoms with Crippen molar-refractivity contribution in [3.63, 3.8) is 0 Å². The second-order valence-corrected chi connectivity index (χ2v) is 26.3. The fourth-order valence-electron chi connectivity index (χ4n) is 14.0. The Balaban J connectivity index is 1.02. The number of hydrogen-bond donors (Lipinski definition) is 0. The number of aromatic nitrogens is 1. The summed E-state index contributed by atoms with van der Waals surface area (Å²) in [5.41, 5.74) is 23.2. The largest absolute Gasteiger partial charge is 0.310 e. The first-order valence-electron chi connectivity index (χ1n) is 29.6. The molecule has 1 aromatic heterocycles. The van der Waals surface area contributed by atoms with E-state index >= 15 is 0 Å². The zero-order valence-corrected chi connectivity index (χ0v) is 49.0. The molecule has 0 unspecified atom stereocenters. The lowest BCUT2D eigenvalue weighted by Crippen LogP contribution is -2.60. The van der Waals surface area contributed by atoms with Gasteiger partial charge in [-0.2, -0.15) is 0 Å². The zero-order chi connectivity index (χ0) is 56.6. The standard InChI is InChI=1S/C80H61BN2S/c1-79(2,3)56-45-65(51-24-9-7-10-25-51)78(66(46-56)52-26-11-8-12-27-52)83-71-44-55(76-63-33-17-15-31-61(63)75(62-32-16-18-34-64(62)76)54-38-37-50-23-13-14-28-53(50)43-54)39-41-67(71)81-68-42-40-58(82-69-35-21-19-29-59(69)60-30-20-22-36-70(60)82)49-73(68)84-74-48-57(80(4,5)6)47-72(83)77(74)81/h7-49H,1-6H3. The van der Waals surface area contributed by atoms with Crippen molar-refractivity contribution < 1.29 is 0 Å². The summed E-state index contributed by atoms with van der Waals surface area (Å²) < 4.78 is 2.47. The molecule has 0 spiro atoms. The molecular weight excluding hydrogens is 1030 g/mol. The summed E-state index contributed by atoms with van der Waals surface area (Å²) in [6, 6.07) is 98.9. The van der Waals surface area contributed by atoms with E-state index in [0.29, 0.717) is 0 Å². The van der Waals surface area contributed by atoms with Crippen LogP contribution in [0.4, 0.5) is 17.1 Å². The smallest absolute Gasteiger partial charge is 0.249 e. The lowest BCUT2D eigenvalue weighted by Gasteiger charge is -2.43. The van der Waals surface area contributed by atoms with Gasteiger partial charge < -0.3 is 9.47 Å². The Labute approximate surface area is 496 Å². The minimum Gasteiger partial charge on any atom is -0.310 e. The molecule has 0 N–H and O–H groups in total. The lowest BCUT2D eigenvalue weighted by atomic mass is 9.34. The highest BCUT2D eigenvalue weighted by atomic mass is 32.2. The molecule has 16 rings (SSSR count). The molecule has 0 saturated heterocycles. The third-order valence-corrected chi connectivity index (χ3v) is 19.2. The van der Waals surface area contributed by atoms with Crippen molar-refractivity contribution in [1.29, 1.82) is 0 Å². The summed E-state index contributed by atoms with van der Waals surface area (Å²) in [5, 5.41) is 9.99. The van der Waals surface area contributed by atoms with Gasteiger partial charge in [0.15, 0.2) is 0 Å². The number of para-hydroxylation sites is 2. The average Bonchev–Trinajstić information content (AvgIpc) is 1.00. The van der Waals surface area contributed by atoms with Crippen LogP contribution in [0, 0.1) is 0 Å². The van der Waals surface area contributed by atoms with E-state index in [0.717, 1.165) is 0 Å². The first kappa shape index (κ1) is 50.4. The Morgan fingerprint density at radius 3 is 1.39 bits per heavy atom. The molecule has 2 aliphatic rings. The second-order valence-electron chi connectivity index (χ2n) is 25.2. The van der Waals surface area contributed by atoms with Crippen LogP contribution in [-0.4, -0.2) is 11.3 Å². The highest BCUT2D eigenvalue weighted by Crippen LogP contribution is 2.53. The summed E-state index contributed by atoms with van der Waals surface area (Å²) in [4.78, 5) is 5.31. The van der Waals surface area contributed by atoms with Gasteiger partial charge in [0.2, 0.25) is 6.71 Å². The third-order valence-electron chi connectivity index (χ3n) is 18.1. The van der Waals surface area contributed by atoms with E-state index in [1.807, 2.05) is 11.8 Å². The molecule has 84 heavy (non-hydrogen) atoms. The molecule has 0 saturated carbocycles. The SMILES string of the molecule is CC(C)(C)c1cc(-c2ccccc2)c(N2c3cc(-c4c5ccccc5c(-c5ccc6ccccc6c5)c5ccccc45)ccc3B3c4ccc(-n5c6ccccc6c6ccccc65)cc4Sc4cc(C(C)(C)C)cc2c43)c(-c2ccccc2)c1. The van der Waals surface area contributed by atoms with E-state index in [9.17, 15) is 0 Å². The molecule has 13 aromatic carbocycles. The van der Waals surface area contributed by atoms with Gasteiger partial charge in [-0.3, -0.25) is 0 Å². The van der Waals surface area contributed by atoms with Gasteiger partial charge in [-0.15, -0.1) is 0 Å². The number of anilines is 3. The van der Waals surface area contributed by atoms with Crippen LogP contribution in [-0.2, 0) is 10.8 Å². The van der Waals surface area contributed by atoms with Crippen molar-refractivity contribution >= 4 is 106 Å². The van der Waals surface area contributed by atoms with E-state index in [4.69, 9.17) is 0 Å². The average molecular weight is 1090 g/mol. The van der Waals surface area contributed by atoms with Gasteiger partial charge in [-0.1, -0.05) is 259 Å². The topological polar surface area (TPSA) is 8.17 Å². The molecule has 4 heteroatoms. The lowest BCUT2D eigenvalue weighted by molar-refractivity contribution is 0.589. The van der Waals surface area contributed by atoms with Crippen LogP contribution in [0.5, 0.6) is 0 Å². The van der Waals surface area contributed by atoms with E-state index in [1.54, 1.807) is 0 Å². The number of fused-ring (bicyclic) bond motifs is 10. The molecule has 0 amide bonds. The fourth-order valence-corrected chi connectivity index (χ4v) is 15.2. The second kappa shape index (κ2) is 19.1. The van der Waals surface area contributed by atoms with Crippen LogP contribution in [0.2, 0.25) is 0 Å². The molecule has 3 heterocycles. The van der Waals surface area contributed by atoms with Gasteiger partial charge in [-0.25, -0.2) is 0 Å². The number of rotatable bonds is 6. The Morgan fingerprint density at radius 1 is 0.345 bits per heavy atom. The highest BCUT2D eigenvalue weighted by molar-refractivity contribution is 8.00. The number of hydrogen-bond acceptors (Lipinski definition) is 2. The quantitative estimate of drug-likeness (QED) is 0.121. The van der Waals surface area contributed by atoms with Gasteiger partial charge in [0.05, 0.1) is 16.7 Å².